The summed E-state index contributed by atoms with van der Waals surface area (Å²) < 4.78 is 27.8. The fraction of sp³-hybridized carbons (Fsp3) is 0.667. The minimum atomic E-state index is -3.36. The highest BCUT2D eigenvalue weighted by atomic mass is 32.2. The number of thiophene rings is 1. The van der Waals surface area contributed by atoms with E-state index in [1.54, 1.807) is 6.07 Å². The Morgan fingerprint density at radius 2 is 2.11 bits per heavy atom. The molecule has 18 heavy (non-hydrogen) atoms. The first-order valence-electron chi connectivity index (χ1n) is 6.14. The van der Waals surface area contributed by atoms with Crippen molar-refractivity contribution in [2.24, 2.45) is 0 Å². The first-order chi connectivity index (χ1) is 8.36. The maximum atomic E-state index is 12.3. The van der Waals surface area contributed by atoms with Gasteiger partial charge in [0.25, 0.3) is 10.0 Å². The van der Waals surface area contributed by atoms with Crippen molar-refractivity contribution < 1.29 is 8.42 Å². The zero-order valence-corrected chi connectivity index (χ0v) is 12.7. The average Bonchev–Trinajstić information content (AvgIpc) is 2.59. The Labute approximate surface area is 113 Å². The highest BCUT2D eigenvalue weighted by molar-refractivity contribution is 7.91. The summed E-state index contributed by atoms with van der Waals surface area (Å²) in [5.74, 6) is 0. The Morgan fingerprint density at radius 3 is 2.61 bits per heavy atom. The molecule has 4 nitrogen and oxygen atoms in total. The summed E-state index contributed by atoms with van der Waals surface area (Å²) in [5.41, 5.74) is 0.799. The number of hydrogen-bond acceptors (Lipinski definition) is 4. The molecule has 0 aromatic carbocycles. The van der Waals surface area contributed by atoms with Crippen LogP contribution in [0.25, 0.3) is 0 Å². The fourth-order valence-electron chi connectivity index (χ4n) is 2.14. The summed E-state index contributed by atoms with van der Waals surface area (Å²) in [4.78, 5) is 1.08. The first-order valence-corrected chi connectivity index (χ1v) is 8.44. The summed E-state index contributed by atoms with van der Waals surface area (Å²) in [6.45, 7) is 4.64. The van der Waals surface area contributed by atoms with Crippen LogP contribution in [0.4, 0.5) is 0 Å². The van der Waals surface area contributed by atoms with Crippen LogP contribution in [-0.4, -0.2) is 21.0 Å². The summed E-state index contributed by atoms with van der Waals surface area (Å²) in [7, 11) is -1.50. The van der Waals surface area contributed by atoms with E-state index in [0.29, 0.717) is 10.8 Å². The van der Waals surface area contributed by atoms with Gasteiger partial charge in [0.05, 0.1) is 0 Å². The van der Waals surface area contributed by atoms with Gasteiger partial charge in [-0.25, -0.2) is 13.1 Å². The monoisotopic (exact) mass is 288 g/mol. The van der Waals surface area contributed by atoms with Crippen LogP contribution in [0.5, 0.6) is 0 Å². The van der Waals surface area contributed by atoms with Crippen LogP contribution in [0, 0.1) is 6.92 Å². The van der Waals surface area contributed by atoms with Gasteiger partial charge in [0, 0.05) is 17.0 Å². The van der Waals surface area contributed by atoms with Crippen LogP contribution in [0.15, 0.2) is 10.3 Å². The lowest BCUT2D eigenvalue weighted by Crippen LogP contribution is -2.50. The SMILES string of the molecule is CNCc1sc(S(=O)(=O)NC2(C)CCC2)cc1C. The zero-order valence-electron chi connectivity index (χ0n) is 11.0. The molecule has 1 aromatic rings. The Kier molecular flexibility index (Phi) is 3.82. The smallest absolute Gasteiger partial charge is 0.250 e. The molecule has 0 saturated heterocycles. The Balaban J connectivity index is 2.21. The molecule has 1 aromatic heterocycles. The Hall–Kier alpha value is -0.430. The van der Waals surface area contributed by atoms with Gasteiger partial charge < -0.3 is 5.32 Å². The van der Waals surface area contributed by atoms with E-state index in [1.807, 2.05) is 20.9 Å². The van der Waals surface area contributed by atoms with Crippen LogP contribution < -0.4 is 10.0 Å². The van der Waals surface area contributed by atoms with Gasteiger partial charge in [-0.15, -0.1) is 11.3 Å². The molecule has 1 aliphatic carbocycles. The van der Waals surface area contributed by atoms with Crippen LogP contribution >= 0.6 is 11.3 Å². The van der Waals surface area contributed by atoms with Crippen molar-refractivity contribution in [3.05, 3.63) is 16.5 Å². The quantitative estimate of drug-likeness (QED) is 0.871. The van der Waals surface area contributed by atoms with E-state index in [1.165, 1.54) is 11.3 Å². The van der Waals surface area contributed by atoms with E-state index in [-0.39, 0.29) is 5.54 Å². The molecule has 0 aliphatic heterocycles. The van der Waals surface area contributed by atoms with Crippen molar-refractivity contribution in [3.63, 3.8) is 0 Å². The first kappa shape index (κ1) is 14.0. The lowest BCUT2D eigenvalue weighted by molar-refractivity contribution is 0.248. The summed E-state index contributed by atoms with van der Waals surface area (Å²) >= 11 is 1.35. The van der Waals surface area contributed by atoms with E-state index >= 15 is 0 Å². The van der Waals surface area contributed by atoms with E-state index < -0.39 is 10.0 Å². The van der Waals surface area contributed by atoms with Crippen LogP contribution in [0.3, 0.4) is 0 Å². The molecular weight excluding hydrogens is 268 g/mol. The van der Waals surface area contributed by atoms with Crippen molar-refractivity contribution in [3.8, 4) is 0 Å². The highest BCUT2D eigenvalue weighted by Gasteiger charge is 2.36. The van der Waals surface area contributed by atoms with Crippen molar-refractivity contribution in [2.75, 3.05) is 7.05 Å². The highest BCUT2D eigenvalue weighted by Crippen LogP contribution is 2.34. The third-order valence-electron chi connectivity index (χ3n) is 3.44. The molecule has 0 amide bonds. The largest absolute Gasteiger partial charge is 0.315 e. The second-order valence-electron chi connectivity index (χ2n) is 5.22. The van der Waals surface area contributed by atoms with Crippen LogP contribution in [0.2, 0.25) is 0 Å². The van der Waals surface area contributed by atoms with Gasteiger partial charge in [0.1, 0.15) is 4.21 Å². The van der Waals surface area contributed by atoms with E-state index in [4.69, 9.17) is 0 Å². The summed E-state index contributed by atoms with van der Waals surface area (Å²) in [6.07, 6.45) is 2.97. The van der Waals surface area contributed by atoms with E-state index in [0.717, 1.165) is 29.7 Å². The van der Waals surface area contributed by atoms with Gasteiger partial charge >= 0.3 is 0 Å². The van der Waals surface area contributed by atoms with Gasteiger partial charge in [-0.1, -0.05) is 0 Å². The molecule has 0 bridgehead atoms. The number of nitrogens with one attached hydrogen (secondary N) is 2. The molecule has 1 aliphatic rings. The van der Waals surface area contributed by atoms with Crippen molar-refractivity contribution >= 4 is 21.4 Å². The molecule has 1 fully saturated rings. The van der Waals surface area contributed by atoms with Crippen molar-refractivity contribution in [2.45, 2.75) is 49.4 Å². The molecule has 102 valence electrons. The summed E-state index contributed by atoms with van der Waals surface area (Å²) in [6, 6.07) is 1.77. The lowest BCUT2D eigenvalue weighted by atomic mass is 9.80. The standard InChI is InChI=1S/C12H20N2O2S2/c1-9-7-11(17-10(9)8-13-3)18(15,16)14-12(2)5-4-6-12/h7,13-14H,4-6,8H2,1-3H3. The molecule has 1 saturated carbocycles. The van der Waals surface area contributed by atoms with Gasteiger partial charge in [-0.3, -0.25) is 0 Å². The maximum absolute atomic E-state index is 12.3. The predicted molar refractivity (Wildman–Crippen MR) is 74.4 cm³/mol. The van der Waals surface area contributed by atoms with E-state index in [2.05, 4.69) is 10.0 Å². The van der Waals surface area contributed by atoms with Gasteiger partial charge in [0.15, 0.2) is 0 Å². The van der Waals surface area contributed by atoms with Crippen molar-refractivity contribution in [1.29, 1.82) is 0 Å². The minimum absolute atomic E-state index is 0.236. The van der Waals surface area contributed by atoms with Crippen molar-refractivity contribution in [1.82, 2.24) is 10.0 Å². The number of hydrogen-bond donors (Lipinski definition) is 2. The summed E-state index contributed by atoms with van der Waals surface area (Å²) in [5, 5.41) is 3.06. The molecule has 0 unspecified atom stereocenters. The molecule has 2 N–H and O–H groups in total. The molecule has 0 radical (unpaired) electrons. The number of sulfonamides is 1. The van der Waals surface area contributed by atoms with E-state index in [9.17, 15) is 8.42 Å². The predicted octanol–water partition coefficient (Wildman–Crippen LogP) is 2.00. The Morgan fingerprint density at radius 1 is 1.44 bits per heavy atom. The fourth-order valence-corrected chi connectivity index (χ4v) is 5.21. The van der Waals surface area contributed by atoms with Crippen LogP contribution in [0.1, 0.15) is 36.6 Å². The number of aryl methyl sites for hydroxylation is 1. The third-order valence-corrected chi connectivity index (χ3v) is 6.79. The molecule has 0 spiro atoms. The van der Waals surface area contributed by atoms with Gasteiger partial charge in [-0.2, -0.15) is 0 Å². The second-order valence-corrected chi connectivity index (χ2v) is 8.27. The molecule has 1 heterocycles. The molecule has 0 atom stereocenters. The third kappa shape index (κ3) is 2.77. The zero-order chi connectivity index (χ0) is 13.4. The lowest BCUT2D eigenvalue weighted by Gasteiger charge is -2.38. The number of rotatable bonds is 5. The minimum Gasteiger partial charge on any atom is -0.315 e. The molecule has 2 rings (SSSR count). The second kappa shape index (κ2) is 4.92. The van der Waals surface area contributed by atoms with Crippen LogP contribution in [-0.2, 0) is 16.6 Å². The van der Waals surface area contributed by atoms with Gasteiger partial charge in [-0.05, 0) is 51.8 Å². The molecular formula is C12H20N2O2S2. The average molecular weight is 288 g/mol. The normalized spacial score (nSPS) is 18.6. The Bertz CT molecular complexity index is 530. The maximum Gasteiger partial charge on any atom is 0.250 e. The van der Waals surface area contributed by atoms with Gasteiger partial charge in [0.2, 0.25) is 0 Å². The molecule has 6 heteroatoms. The topological polar surface area (TPSA) is 58.2 Å².